The lowest BCUT2D eigenvalue weighted by Crippen LogP contribution is -2.14. The molecule has 2 atom stereocenters. The highest BCUT2D eigenvalue weighted by atomic mass is 16.5. The van der Waals surface area contributed by atoms with Gasteiger partial charge in [-0.3, -0.25) is 14.8 Å². The summed E-state index contributed by atoms with van der Waals surface area (Å²) in [6.07, 6.45) is 2.72. The first-order chi connectivity index (χ1) is 15.9. The smallest absolute Gasteiger partial charge is 0.249 e. The number of ether oxygens (including phenoxy) is 2. The Morgan fingerprint density at radius 2 is 1.85 bits per heavy atom. The summed E-state index contributed by atoms with van der Waals surface area (Å²) in [6.45, 7) is 1.68. The fraction of sp³-hybridized carbons (Fsp3) is 0.269. The summed E-state index contributed by atoms with van der Waals surface area (Å²) < 4.78 is 10.8. The molecule has 0 spiro atoms. The molecule has 7 nitrogen and oxygen atoms in total. The van der Waals surface area contributed by atoms with Crippen molar-refractivity contribution in [3.63, 3.8) is 0 Å². The third kappa shape index (κ3) is 4.45. The number of nitrogens with zero attached hydrogens (tertiary/aromatic N) is 2. The van der Waals surface area contributed by atoms with Crippen LogP contribution < -0.4 is 15.2 Å². The van der Waals surface area contributed by atoms with Crippen LogP contribution in [0.4, 0.5) is 5.69 Å². The van der Waals surface area contributed by atoms with E-state index in [2.05, 4.69) is 0 Å². The van der Waals surface area contributed by atoms with Gasteiger partial charge in [0.05, 0.1) is 31.7 Å². The molecule has 0 saturated carbocycles. The van der Waals surface area contributed by atoms with Gasteiger partial charge >= 0.3 is 0 Å². The summed E-state index contributed by atoms with van der Waals surface area (Å²) in [5, 5.41) is 10.4. The molecule has 0 fully saturated rings. The van der Waals surface area contributed by atoms with Crippen LogP contribution in [0.1, 0.15) is 52.5 Å². The fourth-order valence-electron chi connectivity index (χ4n) is 4.16. The average molecular weight is 446 g/mol. The van der Waals surface area contributed by atoms with Gasteiger partial charge in [-0.2, -0.15) is 0 Å². The van der Waals surface area contributed by atoms with Crippen molar-refractivity contribution >= 4 is 17.8 Å². The lowest BCUT2D eigenvalue weighted by Gasteiger charge is -2.17. The van der Waals surface area contributed by atoms with Gasteiger partial charge in [-0.1, -0.05) is 24.3 Å². The molecule has 170 valence electrons. The van der Waals surface area contributed by atoms with Crippen LogP contribution >= 0.6 is 0 Å². The van der Waals surface area contributed by atoms with E-state index >= 15 is 0 Å². The first kappa shape index (κ1) is 22.5. The molecule has 0 aliphatic carbocycles. The van der Waals surface area contributed by atoms with Crippen LogP contribution in [-0.2, 0) is 6.42 Å². The van der Waals surface area contributed by atoms with E-state index in [0.717, 1.165) is 29.8 Å². The Labute approximate surface area is 192 Å². The van der Waals surface area contributed by atoms with Crippen LogP contribution in [0.3, 0.4) is 0 Å². The Balaban J connectivity index is 1.75. The average Bonchev–Trinajstić information content (AvgIpc) is 3.04. The van der Waals surface area contributed by atoms with Crippen molar-refractivity contribution in [2.75, 3.05) is 14.2 Å². The SMILES string of the molecule is COc1cc2c(cc1OC)N=CC(c1ccc(C(C)O)c(-c3ccccc3C(N)=O)n1)CC2. The first-order valence-corrected chi connectivity index (χ1v) is 10.8. The number of hydrogen-bond acceptors (Lipinski definition) is 6. The second-order valence-electron chi connectivity index (χ2n) is 8.02. The van der Waals surface area contributed by atoms with Crippen molar-refractivity contribution in [2.24, 2.45) is 10.7 Å². The molecule has 33 heavy (non-hydrogen) atoms. The van der Waals surface area contributed by atoms with Crippen LogP contribution in [0.15, 0.2) is 53.5 Å². The second kappa shape index (κ2) is 9.42. The molecule has 2 heterocycles. The number of primary amides is 1. The number of methoxy groups -OCH3 is 2. The molecule has 3 N–H and O–H groups in total. The summed E-state index contributed by atoms with van der Waals surface area (Å²) in [6, 6.07) is 14.7. The Bertz CT molecular complexity index is 1220. The number of aromatic nitrogens is 1. The number of pyridine rings is 1. The summed E-state index contributed by atoms with van der Waals surface area (Å²) in [5.41, 5.74) is 10.5. The topological polar surface area (TPSA) is 107 Å². The molecule has 7 heteroatoms. The molecule has 1 aromatic heterocycles. The van der Waals surface area contributed by atoms with Gasteiger partial charge in [0.15, 0.2) is 11.5 Å². The molecular formula is C26H27N3O4. The molecule has 1 aliphatic heterocycles. The van der Waals surface area contributed by atoms with Crippen molar-refractivity contribution in [2.45, 2.75) is 31.8 Å². The van der Waals surface area contributed by atoms with E-state index in [1.807, 2.05) is 36.5 Å². The van der Waals surface area contributed by atoms with Gasteiger partial charge in [0.1, 0.15) is 0 Å². The summed E-state index contributed by atoms with van der Waals surface area (Å²) in [4.78, 5) is 21.6. The van der Waals surface area contributed by atoms with Gasteiger partial charge in [-0.25, -0.2) is 0 Å². The Morgan fingerprint density at radius 1 is 1.12 bits per heavy atom. The standard InChI is InChI=1S/C26H27N3O4/c1-15(30)18-10-11-21(29-25(18)19-6-4-5-7-20(19)26(27)31)17-9-8-16-12-23(32-2)24(33-3)13-22(16)28-14-17/h4-7,10-15,17,30H,8-9H2,1-3H3,(H2,27,31). The molecule has 1 amide bonds. The highest BCUT2D eigenvalue weighted by Gasteiger charge is 2.22. The Morgan fingerprint density at radius 3 is 2.55 bits per heavy atom. The van der Waals surface area contributed by atoms with E-state index in [1.54, 1.807) is 39.3 Å². The number of rotatable bonds is 6. The predicted octanol–water partition coefficient (Wildman–Crippen LogP) is 4.35. The van der Waals surface area contributed by atoms with Gasteiger partial charge in [0.2, 0.25) is 5.91 Å². The van der Waals surface area contributed by atoms with Crippen LogP contribution in [-0.4, -0.2) is 36.4 Å². The first-order valence-electron chi connectivity index (χ1n) is 10.8. The quantitative estimate of drug-likeness (QED) is 0.587. The zero-order valence-electron chi connectivity index (χ0n) is 18.9. The summed E-state index contributed by atoms with van der Waals surface area (Å²) >= 11 is 0. The van der Waals surface area contributed by atoms with E-state index in [0.29, 0.717) is 33.9 Å². The maximum absolute atomic E-state index is 12.0. The molecular weight excluding hydrogens is 418 g/mol. The molecule has 2 unspecified atom stereocenters. The minimum absolute atomic E-state index is 0.0445. The van der Waals surface area contributed by atoms with Crippen molar-refractivity contribution < 1.29 is 19.4 Å². The minimum Gasteiger partial charge on any atom is -0.493 e. The van der Waals surface area contributed by atoms with Crippen LogP contribution in [0, 0.1) is 0 Å². The predicted molar refractivity (Wildman–Crippen MR) is 128 cm³/mol. The molecule has 2 aromatic carbocycles. The summed E-state index contributed by atoms with van der Waals surface area (Å²) in [5.74, 6) is 0.729. The summed E-state index contributed by atoms with van der Waals surface area (Å²) in [7, 11) is 3.22. The van der Waals surface area contributed by atoms with Gasteiger partial charge in [0, 0.05) is 40.6 Å². The normalized spacial score (nSPS) is 15.9. The number of nitrogens with two attached hydrogens (primary N) is 1. The van der Waals surface area contributed by atoms with E-state index in [4.69, 9.17) is 25.2 Å². The number of carbonyl (C=O) groups is 1. The third-order valence-electron chi connectivity index (χ3n) is 5.93. The van der Waals surface area contributed by atoms with Gasteiger partial charge in [-0.05, 0) is 43.5 Å². The zero-order chi connectivity index (χ0) is 23.5. The maximum atomic E-state index is 12.0. The van der Waals surface area contributed by atoms with Crippen LogP contribution in [0.2, 0.25) is 0 Å². The monoisotopic (exact) mass is 445 g/mol. The van der Waals surface area contributed by atoms with Crippen LogP contribution in [0.25, 0.3) is 11.3 Å². The molecule has 0 bridgehead atoms. The van der Waals surface area contributed by atoms with E-state index in [-0.39, 0.29) is 5.92 Å². The number of benzene rings is 2. The highest BCUT2D eigenvalue weighted by molar-refractivity contribution is 5.99. The number of amides is 1. The third-order valence-corrected chi connectivity index (χ3v) is 5.93. The van der Waals surface area contributed by atoms with Crippen molar-refractivity contribution in [1.29, 1.82) is 0 Å². The Hall–Kier alpha value is -3.71. The number of carbonyl (C=O) groups excluding carboxylic acids is 1. The number of aryl methyl sites for hydroxylation is 1. The van der Waals surface area contributed by atoms with Crippen molar-refractivity contribution in [3.8, 4) is 22.8 Å². The largest absolute Gasteiger partial charge is 0.493 e. The second-order valence-corrected chi connectivity index (χ2v) is 8.02. The van der Waals surface area contributed by atoms with E-state index in [1.165, 1.54) is 0 Å². The molecule has 0 radical (unpaired) electrons. The number of hydrogen-bond donors (Lipinski definition) is 2. The Kier molecular flexibility index (Phi) is 6.42. The van der Waals surface area contributed by atoms with Gasteiger partial charge < -0.3 is 20.3 Å². The van der Waals surface area contributed by atoms with Gasteiger partial charge in [0.25, 0.3) is 0 Å². The molecule has 3 aromatic rings. The minimum atomic E-state index is -0.755. The van der Waals surface area contributed by atoms with Gasteiger partial charge in [-0.15, -0.1) is 0 Å². The number of fused-ring (bicyclic) bond motifs is 1. The maximum Gasteiger partial charge on any atom is 0.249 e. The molecule has 0 saturated heterocycles. The zero-order valence-corrected chi connectivity index (χ0v) is 18.9. The number of aliphatic hydroxyl groups excluding tert-OH is 1. The highest BCUT2D eigenvalue weighted by Crippen LogP contribution is 2.38. The van der Waals surface area contributed by atoms with Crippen molar-refractivity contribution in [1.82, 2.24) is 4.98 Å². The van der Waals surface area contributed by atoms with Crippen LogP contribution in [0.5, 0.6) is 11.5 Å². The molecule has 1 aliphatic rings. The van der Waals surface area contributed by atoms with E-state index in [9.17, 15) is 9.90 Å². The van der Waals surface area contributed by atoms with Crippen molar-refractivity contribution in [3.05, 3.63) is 70.9 Å². The van der Waals surface area contributed by atoms with E-state index < -0.39 is 12.0 Å². The number of aliphatic hydroxyl groups is 1. The fourth-order valence-corrected chi connectivity index (χ4v) is 4.16. The lowest BCUT2D eigenvalue weighted by atomic mass is 9.93. The molecule has 4 rings (SSSR count). The lowest BCUT2D eigenvalue weighted by molar-refractivity contribution is 0.100. The number of aliphatic imine (C=N–C) groups is 1.